The molecule has 0 amide bonds. The highest BCUT2D eigenvalue weighted by Gasteiger charge is 2.26. The maximum atomic E-state index is 2.57. The molecule has 2 aliphatic rings. The number of aromatic nitrogens is 1. The molecule has 1 aromatic heterocycles. The van der Waals surface area contributed by atoms with E-state index in [1.807, 2.05) is 0 Å². The van der Waals surface area contributed by atoms with Gasteiger partial charge in [0.2, 0.25) is 0 Å². The van der Waals surface area contributed by atoms with Gasteiger partial charge in [-0.15, -0.1) is 0 Å². The van der Waals surface area contributed by atoms with Crippen molar-refractivity contribution in [1.29, 1.82) is 0 Å². The Hall–Kier alpha value is -4.88. The minimum absolute atomic E-state index is 0.975. The Bertz CT molecular complexity index is 2400. The average molecular weight is 538 g/mol. The highest BCUT2D eigenvalue weighted by molar-refractivity contribution is 6.05. The molecule has 0 saturated carbocycles. The zero-order chi connectivity index (χ0) is 27.9. The maximum absolute atomic E-state index is 2.57. The van der Waals surface area contributed by atoms with Gasteiger partial charge in [0.05, 0.1) is 5.52 Å². The van der Waals surface area contributed by atoms with E-state index in [0.717, 1.165) is 19.3 Å². The fourth-order valence-corrected chi connectivity index (χ4v) is 7.74. The van der Waals surface area contributed by atoms with Crippen molar-refractivity contribution in [3.8, 4) is 27.9 Å². The van der Waals surface area contributed by atoms with Crippen LogP contribution in [0.25, 0.3) is 72.5 Å². The Morgan fingerprint density at radius 2 is 1.31 bits per heavy atom. The zero-order valence-electron chi connectivity index (χ0n) is 24.0. The Kier molecular flexibility index (Phi) is 4.99. The fraction of sp³-hybridized carbons (Fsp3) is 0.122. The standard InChI is InChI=1S/C41H31N/c1-25-21-28-10-3-4-11-29(28)23-37(25)32-18-17-31(22-26(32)2)42-39-14-8-7-13-34(39)36-20-19-35-38(41(36)42)24-30-16-15-27-9-5-6-12-33(27)40(30)35/h3-6,9-23H,7-8,24H2,1-2H3. The van der Waals surface area contributed by atoms with Crippen molar-refractivity contribution in [2.24, 2.45) is 0 Å². The lowest BCUT2D eigenvalue weighted by Gasteiger charge is -2.15. The minimum atomic E-state index is 0.975. The summed E-state index contributed by atoms with van der Waals surface area (Å²) < 4.78 is 2.57. The van der Waals surface area contributed by atoms with Crippen LogP contribution in [0.2, 0.25) is 0 Å². The first kappa shape index (κ1) is 23.8. The van der Waals surface area contributed by atoms with E-state index in [1.165, 1.54) is 93.2 Å². The van der Waals surface area contributed by atoms with E-state index in [1.54, 1.807) is 0 Å². The van der Waals surface area contributed by atoms with Crippen LogP contribution in [-0.2, 0) is 6.42 Å². The molecule has 0 fully saturated rings. The quantitative estimate of drug-likeness (QED) is 0.207. The molecule has 9 rings (SSSR count). The molecule has 1 heterocycles. The van der Waals surface area contributed by atoms with Gasteiger partial charge in [-0.1, -0.05) is 97.1 Å². The van der Waals surface area contributed by atoms with Crippen molar-refractivity contribution < 1.29 is 0 Å². The van der Waals surface area contributed by atoms with Crippen LogP contribution in [0.3, 0.4) is 0 Å². The van der Waals surface area contributed by atoms with E-state index in [2.05, 4.69) is 134 Å². The summed E-state index contributed by atoms with van der Waals surface area (Å²) in [5.74, 6) is 0. The van der Waals surface area contributed by atoms with Crippen LogP contribution in [0.4, 0.5) is 0 Å². The summed E-state index contributed by atoms with van der Waals surface area (Å²) in [4.78, 5) is 0. The third-order valence-electron chi connectivity index (χ3n) is 9.67. The molecule has 7 aromatic rings. The normalized spacial score (nSPS) is 13.6. The molecule has 200 valence electrons. The monoisotopic (exact) mass is 537 g/mol. The molecule has 0 unspecified atom stereocenters. The van der Waals surface area contributed by atoms with Crippen LogP contribution in [0.1, 0.15) is 35.1 Å². The summed E-state index contributed by atoms with van der Waals surface area (Å²) in [7, 11) is 0. The van der Waals surface area contributed by atoms with Gasteiger partial charge in [-0.25, -0.2) is 0 Å². The Labute approximate surface area is 245 Å². The van der Waals surface area contributed by atoms with E-state index in [-0.39, 0.29) is 0 Å². The van der Waals surface area contributed by atoms with Crippen LogP contribution in [0.5, 0.6) is 0 Å². The predicted molar refractivity (Wildman–Crippen MR) is 179 cm³/mol. The molecule has 6 aromatic carbocycles. The Balaban J connectivity index is 1.29. The second-order valence-corrected chi connectivity index (χ2v) is 12.1. The maximum Gasteiger partial charge on any atom is 0.0582 e. The lowest BCUT2D eigenvalue weighted by molar-refractivity contribution is 1.02. The van der Waals surface area contributed by atoms with E-state index >= 15 is 0 Å². The van der Waals surface area contributed by atoms with Crippen molar-refractivity contribution >= 4 is 44.6 Å². The first-order valence-electron chi connectivity index (χ1n) is 15.1. The number of nitrogens with zero attached hydrogens (tertiary/aromatic N) is 1. The van der Waals surface area contributed by atoms with Gasteiger partial charge in [-0.2, -0.15) is 0 Å². The molecule has 0 aliphatic heterocycles. The van der Waals surface area contributed by atoms with Crippen molar-refractivity contribution in [3.63, 3.8) is 0 Å². The van der Waals surface area contributed by atoms with Gasteiger partial charge < -0.3 is 4.57 Å². The average Bonchev–Trinajstić information content (AvgIpc) is 3.57. The highest BCUT2D eigenvalue weighted by Crippen LogP contribution is 2.44. The number of benzene rings is 6. The molecule has 2 aliphatic carbocycles. The smallest absolute Gasteiger partial charge is 0.0582 e. The van der Waals surface area contributed by atoms with Gasteiger partial charge in [0.1, 0.15) is 0 Å². The molecule has 0 atom stereocenters. The summed E-state index contributed by atoms with van der Waals surface area (Å²) in [6.45, 7) is 4.51. The number of hydrogen-bond acceptors (Lipinski definition) is 0. The lowest BCUT2D eigenvalue weighted by atomic mass is 9.93. The molecule has 0 N–H and O–H groups in total. The summed E-state index contributed by atoms with van der Waals surface area (Å²) in [5.41, 5.74) is 13.6. The minimum Gasteiger partial charge on any atom is -0.309 e. The molecule has 0 saturated heterocycles. The Morgan fingerprint density at radius 1 is 0.571 bits per heavy atom. The molecule has 0 bridgehead atoms. The lowest BCUT2D eigenvalue weighted by Crippen LogP contribution is -2.30. The molecule has 1 nitrogen and oxygen atoms in total. The van der Waals surface area contributed by atoms with Gasteiger partial charge in [0.25, 0.3) is 0 Å². The summed E-state index contributed by atoms with van der Waals surface area (Å²) in [6, 6.07) is 38.7. The third-order valence-corrected chi connectivity index (χ3v) is 9.67. The highest BCUT2D eigenvalue weighted by atomic mass is 15.0. The van der Waals surface area contributed by atoms with Gasteiger partial charge >= 0.3 is 0 Å². The third kappa shape index (κ3) is 3.31. The number of fused-ring (bicyclic) bond motifs is 10. The van der Waals surface area contributed by atoms with Crippen LogP contribution in [0, 0.1) is 13.8 Å². The van der Waals surface area contributed by atoms with Crippen LogP contribution in [0.15, 0.2) is 103 Å². The van der Waals surface area contributed by atoms with Crippen molar-refractivity contribution in [1.82, 2.24) is 4.57 Å². The number of hydrogen-bond donors (Lipinski definition) is 0. The van der Waals surface area contributed by atoms with E-state index in [4.69, 9.17) is 0 Å². The predicted octanol–water partition coefficient (Wildman–Crippen LogP) is 9.15. The van der Waals surface area contributed by atoms with Gasteiger partial charge in [0, 0.05) is 28.1 Å². The molecule has 0 spiro atoms. The summed E-state index contributed by atoms with van der Waals surface area (Å²) in [6.07, 6.45) is 8.08. The van der Waals surface area contributed by atoms with Crippen molar-refractivity contribution in [2.45, 2.75) is 33.1 Å². The zero-order valence-corrected chi connectivity index (χ0v) is 24.0. The van der Waals surface area contributed by atoms with Crippen LogP contribution in [-0.4, -0.2) is 4.57 Å². The van der Waals surface area contributed by atoms with Gasteiger partial charge in [-0.3, -0.25) is 0 Å². The van der Waals surface area contributed by atoms with E-state index < -0.39 is 0 Å². The van der Waals surface area contributed by atoms with Crippen molar-refractivity contribution in [3.05, 3.63) is 136 Å². The summed E-state index contributed by atoms with van der Waals surface area (Å²) >= 11 is 0. The second kappa shape index (κ2) is 8.81. The van der Waals surface area contributed by atoms with Crippen LogP contribution >= 0.6 is 0 Å². The fourth-order valence-electron chi connectivity index (χ4n) is 7.74. The largest absolute Gasteiger partial charge is 0.309 e. The topological polar surface area (TPSA) is 4.93 Å². The second-order valence-electron chi connectivity index (χ2n) is 12.1. The number of rotatable bonds is 2. The SMILES string of the molecule is Cc1cc(-n2c3c(c4ccc5c(c42)Cc2ccc4ccccc4c2-5)=CCCC=3)ccc1-c1cc2ccccc2cc1C. The first-order chi connectivity index (χ1) is 20.7. The molecule has 0 radical (unpaired) electrons. The molecular weight excluding hydrogens is 506 g/mol. The Morgan fingerprint density at radius 3 is 2.17 bits per heavy atom. The van der Waals surface area contributed by atoms with Crippen LogP contribution < -0.4 is 10.6 Å². The van der Waals surface area contributed by atoms with E-state index in [9.17, 15) is 0 Å². The summed E-state index contributed by atoms with van der Waals surface area (Å²) in [5, 5.41) is 9.39. The number of aryl methyl sites for hydroxylation is 2. The molecule has 1 heteroatoms. The molecule has 42 heavy (non-hydrogen) atoms. The van der Waals surface area contributed by atoms with Gasteiger partial charge in [-0.05, 0) is 111 Å². The first-order valence-corrected chi connectivity index (χ1v) is 15.1. The van der Waals surface area contributed by atoms with E-state index in [0.29, 0.717) is 0 Å². The van der Waals surface area contributed by atoms with Crippen molar-refractivity contribution in [2.75, 3.05) is 0 Å². The molecular formula is C41H31N. The van der Waals surface area contributed by atoms with Gasteiger partial charge in [0.15, 0.2) is 0 Å².